The molecule has 9 heteroatoms. The van der Waals surface area contributed by atoms with Gasteiger partial charge in [0.25, 0.3) is 10.9 Å². The first-order valence-corrected chi connectivity index (χ1v) is 10.5. The summed E-state index contributed by atoms with van der Waals surface area (Å²) >= 11 is 0. The summed E-state index contributed by atoms with van der Waals surface area (Å²) in [5.41, 5.74) is -1.40. The van der Waals surface area contributed by atoms with E-state index in [0.717, 1.165) is 12.0 Å². The van der Waals surface area contributed by atoms with Crippen LogP contribution in [-0.2, 0) is 9.84 Å². The molecule has 1 aromatic heterocycles. The summed E-state index contributed by atoms with van der Waals surface area (Å²) in [5, 5.41) is 15.9. The Morgan fingerprint density at radius 1 is 1.11 bits per heavy atom. The van der Waals surface area contributed by atoms with Crippen LogP contribution in [0.3, 0.4) is 0 Å². The van der Waals surface area contributed by atoms with Crippen LogP contribution in [0.4, 0.5) is 17.1 Å². The molecule has 0 aliphatic heterocycles. The van der Waals surface area contributed by atoms with E-state index in [1.807, 2.05) is 6.92 Å². The maximum Gasteiger partial charge on any atom is 0.253 e. The Morgan fingerprint density at radius 3 is 2.36 bits per heavy atom. The van der Waals surface area contributed by atoms with Gasteiger partial charge in [-0.3, -0.25) is 9.59 Å². The van der Waals surface area contributed by atoms with E-state index in [4.69, 9.17) is 4.42 Å². The number of rotatable bonds is 7. The fourth-order valence-corrected chi connectivity index (χ4v) is 3.68. The smallest absolute Gasteiger partial charge is 0.253 e. The number of anilines is 3. The predicted molar refractivity (Wildman–Crippen MR) is 106 cm³/mol. The van der Waals surface area contributed by atoms with Crippen molar-refractivity contribution in [2.45, 2.75) is 31.2 Å². The molecule has 0 aliphatic rings. The molecule has 0 aliphatic carbocycles. The van der Waals surface area contributed by atoms with Crippen LogP contribution in [0.2, 0.25) is 0 Å². The number of hydrogen-bond acceptors (Lipinski definition) is 8. The van der Waals surface area contributed by atoms with Crippen LogP contribution in [0.15, 0.2) is 49.2 Å². The molecule has 0 unspecified atom stereocenters. The summed E-state index contributed by atoms with van der Waals surface area (Å²) in [6.45, 7) is 3.70. The fraction of sp³-hybridized carbons (Fsp3) is 0.263. The quantitative estimate of drug-likeness (QED) is 0.405. The topological polar surface area (TPSA) is 126 Å². The molecule has 0 spiro atoms. The number of hydrogen-bond donors (Lipinski definition) is 3. The molecule has 0 saturated carbocycles. The first kappa shape index (κ1) is 19.7. The molecule has 3 N–H and O–H groups in total. The van der Waals surface area contributed by atoms with Gasteiger partial charge in [0.1, 0.15) is 27.8 Å². The van der Waals surface area contributed by atoms with Gasteiger partial charge in [0, 0.05) is 6.26 Å². The van der Waals surface area contributed by atoms with Gasteiger partial charge in [-0.2, -0.15) is 0 Å². The van der Waals surface area contributed by atoms with Crippen LogP contribution in [0.25, 0.3) is 0 Å². The fourth-order valence-electron chi connectivity index (χ4n) is 2.89. The van der Waals surface area contributed by atoms with Gasteiger partial charge in [0.15, 0.2) is 15.6 Å². The lowest BCUT2D eigenvalue weighted by Crippen LogP contribution is -2.37. The van der Waals surface area contributed by atoms with Crippen LogP contribution in [-0.4, -0.2) is 19.8 Å². The molecule has 0 radical (unpaired) electrons. The molecule has 0 fully saturated rings. The second-order valence-corrected chi connectivity index (χ2v) is 8.50. The van der Waals surface area contributed by atoms with Crippen molar-refractivity contribution < 1.29 is 17.9 Å². The zero-order chi connectivity index (χ0) is 20.6. The van der Waals surface area contributed by atoms with Crippen molar-refractivity contribution in [1.29, 1.82) is 0 Å². The number of para-hydroxylation sites is 1. The largest absolute Gasteiger partial charge is 0.504 e. The number of aromatic hydroxyl groups is 1. The normalized spacial score (nSPS) is 12.8. The number of nitrogens with one attached hydrogen (secondary N) is 2. The Morgan fingerprint density at radius 2 is 1.79 bits per heavy atom. The van der Waals surface area contributed by atoms with Crippen molar-refractivity contribution in [3.63, 3.8) is 0 Å². The molecule has 2 aromatic carbocycles. The Kier molecular flexibility index (Phi) is 5.03. The van der Waals surface area contributed by atoms with Crippen molar-refractivity contribution in [3.05, 3.63) is 62.3 Å². The number of phenols is 1. The number of aryl methyl sites for hydroxylation is 1. The average Bonchev–Trinajstić information content (AvgIpc) is 3.07. The van der Waals surface area contributed by atoms with Crippen molar-refractivity contribution in [3.8, 4) is 5.75 Å². The van der Waals surface area contributed by atoms with E-state index in [9.17, 15) is 23.1 Å². The Bertz CT molecular complexity index is 1200. The van der Waals surface area contributed by atoms with Crippen molar-refractivity contribution in [1.82, 2.24) is 0 Å². The Balaban J connectivity index is 1.93. The lowest BCUT2D eigenvalue weighted by atomic mass is 10.1. The SMILES string of the molecule is CC[C@@H](Nc1c(Nc2cccc(S(C)(=O)=O)c2O)c(=O)c1=O)c1ccc(C)o1. The number of benzene rings is 1. The molecular weight excluding hydrogens is 384 g/mol. The molecule has 148 valence electrons. The van der Waals surface area contributed by atoms with Crippen molar-refractivity contribution >= 4 is 26.9 Å². The molecule has 1 heterocycles. The number of furan rings is 1. The highest BCUT2D eigenvalue weighted by Crippen LogP contribution is 2.34. The van der Waals surface area contributed by atoms with E-state index in [1.165, 1.54) is 18.2 Å². The zero-order valence-electron chi connectivity index (χ0n) is 15.6. The molecule has 1 atom stereocenters. The molecule has 3 rings (SSSR count). The van der Waals surface area contributed by atoms with Crippen molar-refractivity contribution in [2.75, 3.05) is 16.9 Å². The molecule has 3 aromatic rings. The molecule has 0 bridgehead atoms. The number of phenolic OH excluding ortho intramolecular Hbond substituents is 1. The summed E-state index contributed by atoms with van der Waals surface area (Å²) in [6, 6.07) is 7.36. The first-order chi connectivity index (χ1) is 13.1. The van der Waals surface area contributed by atoms with E-state index in [2.05, 4.69) is 10.6 Å². The third-order valence-corrected chi connectivity index (χ3v) is 5.53. The van der Waals surface area contributed by atoms with Gasteiger partial charge in [-0.15, -0.1) is 0 Å². The van der Waals surface area contributed by atoms with Gasteiger partial charge in [0.05, 0.1) is 11.7 Å². The average molecular weight is 404 g/mol. The van der Waals surface area contributed by atoms with Gasteiger partial charge < -0.3 is 20.2 Å². The summed E-state index contributed by atoms with van der Waals surface area (Å²) in [7, 11) is -3.66. The maximum atomic E-state index is 12.1. The monoisotopic (exact) mass is 404 g/mol. The van der Waals surface area contributed by atoms with Gasteiger partial charge >= 0.3 is 0 Å². The summed E-state index contributed by atoms with van der Waals surface area (Å²) < 4.78 is 29.1. The van der Waals surface area contributed by atoms with Crippen LogP contribution in [0.1, 0.15) is 30.9 Å². The minimum absolute atomic E-state index is 0.0139. The van der Waals surface area contributed by atoms with E-state index in [-0.39, 0.29) is 28.0 Å². The summed E-state index contributed by atoms with van der Waals surface area (Å²) in [5.74, 6) is 0.833. The third-order valence-electron chi connectivity index (χ3n) is 4.40. The lowest BCUT2D eigenvalue weighted by molar-refractivity contribution is 0.452. The van der Waals surface area contributed by atoms with Gasteiger partial charge in [-0.25, -0.2) is 8.42 Å². The highest BCUT2D eigenvalue weighted by Gasteiger charge is 2.26. The van der Waals surface area contributed by atoms with E-state index >= 15 is 0 Å². The third kappa shape index (κ3) is 3.53. The lowest BCUT2D eigenvalue weighted by Gasteiger charge is -2.20. The maximum absolute atomic E-state index is 12.1. The zero-order valence-corrected chi connectivity index (χ0v) is 16.4. The van der Waals surface area contributed by atoms with Crippen LogP contribution in [0, 0.1) is 6.92 Å². The standard InChI is InChI=1S/C19H20N2O6S/c1-4-11(13-9-8-10(2)27-13)20-15-16(19(24)18(15)23)21-12-6-5-7-14(17(12)22)28(3,25)26/h5-9,11,20-22H,4H2,1-3H3/t11-/m1/s1. The first-order valence-electron chi connectivity index (χ1n) is 8.58. The van der Waals surface area contributed by atoms with Gasteiger partial charge in [0.2, 0.25) is 0 Å². The van der Waals surface area contributed by atoms with E-state index < -0.39 is 26.4 Å². The highest BCUT2D eigenvalue weighted by molar-refractivity contribution is 7.90. The minimum atomic E-state index is -3.66. The van der Waals surface area contributed by atoms with E-state index in [0.29, 0.717) is 12.2 Å². The Hall–Kier alpha value is -3.07. The van der Waals surface area contributed by atoms with Crippen LogP contribution >= 0.6 is 0 Å². The number of sulfone groups is 1. The molecule has 0 amide bonds. The highest BCUT2D eigenvalue weighted by atomic mass is 32.2. The minimum Gasteiger partial charge on any atom is -0.504 e. The molecule has 28 heavy (non-hydrogen) atoms. The second kappa shape index (κ2) is 7.16. The van der Waals surface area contributed by atoms with Crippen LogP contribution < -0.4 is 21.5 Å². The molecular formula is C19H20N2O6S. The summed E-state index contributed by atoms with van der Waals surface area (Å²) in [4.78, 5) is 23.8. The summed E-state index contributed by atoms with van der Waals surface area (Å²) in [6.07, 6.45) is 1.56. The molecule has 0 saturated heterocycles. The second-order valence-electron chi connectivity index (χ2n) is 6.51. The molecule has 8 nitrogen and oxygen atoms in total. The van der Waals surface area contributed by atoms with E-state index in [1.54, 1.807) is 19.1 Å². The predicted octanol–water partition coefficient (Wildman–Crippen LogP) is 2.60. The van der Waals surface area contributed by atoms with Gasteiger partial charge in [-0.05, 0) is 37.6 Å². The van der Waals surface area contributed by atoms with Crippen molar-refractivity contribution in [2.24, 2.45) is 0 Å². The van der Waals surface area contributed by atoms with Gasteiger partial charge in [-0.1, -0.05) is 13.0 Å². The Labute approximate surface area is 161 Å². The van der Waals surface area contributed by atoms with Crippen LogP contribution in [0.5, 0.6) is 5.75 Å².